The lowest BCUT2D eigenvalue weighted by Crippen LogP contribution is -2.04. The lowest BCUT2D eigenvalue weighted by Gasteiger charge is -2.11. The van der Waals surface area contributed by atoms with E-state index in [4.69, 9.17) is 9.47 Å². The molecule has 0 radical (unpaired) electrons. The summed E-state index contributed by atoms with van der Waals surface area (Å²) in [6, 6.07) is 16.4. The summed E-state index contributed by atoms with van der Waals surface area (Å²) in [5.41, 5.74) is 2.04. The zero-order chi connectivity index (χ0) is 19.2. The molecule has 0 saturated heterocycles. The van der Waals surface area contributed by atoms with E-state index in [0.717, 1.165) is 17.1 Å². The maximum atomic E-state index is 11.7. The number of benzene rings is 2. The van der Waals surface area contributed by atoms with Gasteiger partial charge in [0.1, 0.15) is 23.2 Å². The molecule has 0 unspecified atom stereocenters. The molecule has 0 bridgehead atoms. The fourth-order valence-corrected chi connectivity index (χ4v) is 2.53. The normalized spacial score (nSPS) is 10.2. The number of hydrogen-bond acceptors (Lipinski definition) is 7. The van der Waals surface area contributed by atoms with Gasteiger partial charge in [0, 0.05) is 23.5 Å². The molecule has 138 valence electrons. The molecule has 0 aliphatic carbocycles. The molecule has 2 N–H and O–H groups in total. The Hall–Kier alpha value is -3.61. The first-order chi connectivity index (χ1) is 13.1. The Morgan fingerprint density at radius 3 is 2.15 bits per heavy atom. The van der Waals surface area contributed by atoms with Crippen LogP contribution in [0.5, 0.6) is 5.75 Å². The molecule has 1 aromatic heterocycles. The first-order valence-electron chi connectivity index (χ1n) is 8.29. The number of nitrogens with one attached hydrogen (secondary N) is 2. The van der Waals surface area contributed by atoms with Gasteiger partial charge >= 0.3 is 5.97 Å². The molecule has 7 heteroatoms. The van der Waals surface area contributed by atoms with Crippen LogP contribution in [0.4, 0.5) is 23.0 Å². The Bertz CT molecular complexity index is 959. The summed E-state index contributed by atoms with van der Waals surface area (Å²) in [7, 11) is 2.98. The van der Waals surface area contributed by atoms with Crippen molar-refractivity contribution in [2.75, 3.05) is 24.9 Å². The number of methoxy groups -OCH3 is 2. The zero-order valence-electron chi connectivity index (χ0n) is 15.3. The van der Waals surface area contributed by atoms with Crippen LogP contribution in [0.1, 0.15) is 16.2 Å². The first-order valence-corrected chi connectivity index (χ1v) is 8.29. The van der Waals surface area contributed by atoms with Crippen LogP contribution in [-0.4, -0.2) is 30.2 Å². The predicted molar refractivity (Wildman–Crippen MR) is 104 cm³/mol. The summed E-state index contributed by atoms with van der Waals surface area (Å²) in [5, 5.41) is 6.43. The van der Waals surface area contributed by atoms with E-state index in [1.807, 2.05) is 37.3 Å². The molecule has 1 heterocycles. The molecular formula is C20H20N4O3. The van der Waals surface area contributed by atoms with Crippen LogP contribution in [0.2, 0.25) is 0 Å². The number of carbonyl (C=O) groups is 1. The van der Waals surface area contributed by atoms with Gasteiger partial charge in [-0.2, -0.15) is 0 Å². The van der Waals surface area contributed by atoms with Gasteiger partial charge in [0.2, 0.25) is 0 Å². The van der Waals surface area contributed by atoms with Crippen LogP contribution in [0, 0.1) is 6.92 Å². The van der Waals surface area contributed by atoms with E-state index in [2.05, 4.69) is 20.6 Å². The molecule has 3 aromatic rings. The largest absolute Gasteiger partial charge is 0.497 e. The van der Waals surface area contributed by atoms with Crippen molar-refractivity contribution in [3.8, 4) is 5.75 Å². The van der Waals surface area contributed by atoms with Gasteiger partial charge in [-0.25, -0.2) is 14.8 Å². The molecular weight excluding hydrogens is 344 g/mol. The number of rotatable bonds is 6. The van der Waals surface area contributed by atoms with Crippen molar-refractivity contribution >= 4 is 29.0 Å². The minimum Gasteiger partial charge on any atom is -0.497 e. The average Bonchev–Trinajstić information content (AvgIpc) is 2.67. The number of ether oxygens (including phenoxy) is 2. The number of aryl methyl sites for hydroxylation is 1. The van der Waals surface area contributed by atoms with Crippen molar-refractivity contribution in [2.24, 2.45) is 0 Å². The molecule has 3 rings (SSSR count). The van der Waals surface area contributed by atoms with Crippen LogP contribution < -0.4 is 15.4 Å². The van der Waals surface area contributed by atoms with Crippen molar-refractivity contribution in [1.82, 2.24) is 9.97 Å². The van der Waals surface area contributed by atoms with Gasteiger partial charge in [-0.3, -0.25) is 0 Å². The summed E-state index contributed by atoms with van der Waals surface area (Å²) < 4.78 is 9.99. The minimum atomic E-state index is -0.391. The highest BCUT2D eigenvalue weighted by molar-refractivity contribution is 5.90. The average molecular weight is 364 g/mol. The summed E-state index contributed by atoms with van der Waals surface area (Å²) in [4.78, 5) is 20.5. The highest BCUT2D eigenvalue weighted by Gasteiger charge is 2.08. The van der Waals surface area contributed by atoms with Gasteiger partial charge in [-0.1, -0.05) is 12.1 Å². The van der Waals surface area contributed by atoms with E-state index in [9.17, 15) is 4.79 Å². The number of hydrogen-bond donors (Lipinski definition) is 2. The third-order valence-electron chi connectivity index (χ3n) is 3.74. The molecule has 2 aromatic carbocycles. The molecule has 0 fully saturated rings. The summed E-state index contributed by atoms with van der Waals surface area (Å²) in [6.45, 7) is 1.81. The maximum absolute atomic E-state index is 11.7. The van der Waals surface area contributed by atoms with Crippen LogP contribution in [0.15, 0.2) is 54.6 Å². The smallest absolute Gasteiger partial charge is 0.337 e. The Morgan fingerprint density at radius 1 is 0.889 bits per heavy atom. The standard InChI is InChI=1S/C20H20N4O3/c1-13-21-18(23-15-7-4-6-14(10-15)20(25)27-3)12-19(22-13)24-16-8-5-9-17(11-16)26-2/h4-12H,1-3H3,(H2,21,22,23,24). The molecule has 0 aliphatic heterocycles. The van der Waals surface area contributed by atoms with E-state index in [1.165, 1.54) is 7.11 Å². The number of nitrogens with zero attached hydrogens (tertiary/aromatic N) is 2. The van der Waals surface area contributed by atoms with Gasteiger partial charge < -0.3 is 20.1 Å². The van der Waals surface area contributed by atoms with E-state index in [-0.39, 0.29) is 0 Å². The van der Waals surface area contributed by atoms with Gasteiger partial charge in [-0.15, -0.1) is 0 Å². The fraction of sp³-hybridized carbons (Fsp3) is 0.150. The van der Waals surface area contributed by atoms with Crippen LogP contribution >= 0.6 is 0 Å². The van der Waals surface area contributed by atoms with Crippen molar-refractivity contribution in [1.29, 1.82) is 0 Å². The Balaban J connectivity index is 1.82. The molecule has 0 spiro atoms. The third-order valence-corrected chi connectivity index (χ3v) is 3.74. The number of esters is 1. The summed E-state index contributed by atoms with van der Waals surface area (Å²) in [5.74, 6) is 2.22. The SMILES string of the molecule is COC(=O)c1cccc(Nc2cc(Nc3cccc(OC)c3)nc(C)n2)c1. The Morgan fingerprint density at radius 2 is 1.52 bits per heavy atom. The van der Waals surface area contributed by atoms with Gasteiger partial charge in [-0.05, 0) is 37.3 Å². The lowest BCUT2D eigenvalue weighted by atomic mass is 10.2. The maximum Gasteiger partial charge on any atom is 0.337 e. The predicted octanol–water partition coefficient (Wildman–Crippen LogP) is 4.07. The molecule has 7 nitrogen and oxygen atoms in total. The Kier molecular flexibility index (Phi) is 5.51. The topological polar surface area (TPSA) is 85.4 Å². The second-order valence-corrected chi connectivity index (χ2v) is 5.74. The molecule has 27 heavy (non-hydrogen) atoms. The molecule has 0 aliphatic rings. The Labute approximate surface area is 157 Å². The second kappa shape index (κ2) is 8.18. The third kappa shape index (κ3) is 4.72. The van der Waals surface area contributed by atoms with Crippen LogP contribution in [-0.2, 0) is 4.74 Å². The first kappa shape index (κ1) is 18.2. The van der Waals surface area contributed by atoms with Gasteiger partial charge in [0.05, 0.1) is 19.8 Å². The highest BCUT2D eigenvalue weighted by Crippen LogP contribution is 2.23. The molecule has 0 amide bonds. The van der Waals surface area contributed by atoms with Crippen molar-refractivity contribution in [2.45, 2.75) is 6.92 Å². The zero-order valence-corrected chi connectivity index (χ0v) is 15.3. The lowest BCUT2D eigenvalue weighted by molar-refractivity contribution is 0.0601. The molecule has 0 atom stereocenters. The van der Waals surface area contributed by atoms with Gasteiger partial charge in [0.25, 0.3) is 0 Å². The quantitative estimate of drug-likeness (QED) is 0.638. The minimum absolute atomic E-state index is 0.391. The van der Waals surface area contributed by atoms with Gasteiger partial charge in [0.15, 0.2) is 0 Å². The second-order valence-electron chi connectivity index (χ2n) is 5.74. The van der Waals surface area contributed by atoms with E-state index < -0.39 is 5.97 Å². The van der Waals surface area contributed by atoms with E-state index >= 15 is 0 Å². The van der Waals surface area contributed by atoms with Crippen LogP contribution in [0.25, 0.3) is 0 Å². The summed E-state index contributed by atoms with van der Waals surface area (Å²) >= 11 is 0. The highest BCUT2D eigenvalue weighted by atomic mass is 16.5. The monoisotopic (exact) mass is 364 g/mol. The summed E-state index contributed by atoms with van der Waals surface area (Å²) in [6.07, 6.45) is 0. The van der Waals surface area contributed by atoms with Crippen molar-refractivity contribution in [3.05, 3.63) is 66.0 Å². The molecule has 0 saturated carbocycles. The fourth-order valence-electron chi connectivity index (χ4n) is 2.53. The number of aromatic nitrogens is 2. The van der Waals surface area contributed by atoms with Crippen LogP contribution in [0.3, 0.4) is 0 Å². The number of carbonyl (C=O) groups excluding carboxylic acids is 1. The number of anilines is 4. The van der Waals surface area contributed by atoms with Crippen molar-refractivity contribution < 1.29 is 14.3 Å². The van der Waals surface area contributed by atoms with E-state index in [0.29, 0.717) is 23.0 Å². The van der Waals surface area contributed by atoms with E-state index in [1.54, 1.807) is 31.4 Å². The van der Waals surface area contributed by atoms with Crippen molar-refractivity contribution in [3.63, 3.8) is 0 Å².